The first-order valence-electron chi connectivity index (χ1n) is 6.98. The summed E-state index contributed by atoms with van der Waals surface area (Å²) in [5.74, 6) is 0.274. The average Bonchev–Trinajstić information content (AvgIpc) is 2.86. The Morgan fingerprint density at radius 1 is 1.26 bits per heavy atom. The number of benzene rings is 1. The number of thiophene rings is 1. The van der Waals surface area contributed by atoms with Crippen LogP contribution in [0.3, 0.4) is 0 Å². The summed E-state index contributed by atoms with van der Waals surface area (Å²) in [6, 6.07) is 8.56. The molecule has 0 saturated carbocycles. The second kappa shape index (κ2) is 5.10. The van der Waals surface area contributed by atoms with Crippen LogP contribution in [-0.4, -0.2) is 5.11 Å². The normalized spacial score (nSPS) is 20.1. The standard InChI is InChI=1S/C17H20OS/c1-11-6-7-13(12(2)10-11)17(18)15-4-3-5-16-14(15)8-9-19-16/h6-10,15,17-18H,3-5H2,1-2H3. The Balaban J connectivity index is 1.95. The van der Waals surface area contributed by atoms with Crippen LogP contribution in [0.2, 0.25) is 0 Å². The van der Waals surface area contributed by atoms with Crippen molar-refractivity contribution in [3.8, 4) is 0 Å². The van der Waals surface area contributed by atoms with Crippen molar-refractivity contribution in [2.45, 2.75) is 45.1 Å². The van der Waals surface area contributed by atoms with E-state index >= 15 is 0 Å². The van der Waals surface area contributed by atoms with Crippen LogP contribution in [0.1, 0.15) is 52.0 Å². The molecule has 1 N–H and O–H groups in total. The zero-order chi connectivity index (χ0) is 13.4. The van der Waals surface area contributed by atoms with Gasteiger partial charge in [-0.25, -0.2) is 0 Å². The maximum atomic E-state index is 10.8. The molecular weight excluding hydrogens is 252 g/mol. The van der Waals surface area contributed by atoms with Gasteiger partial charge in [-0.2, -0.15) is 0 Å². The van der Waals surface area contributed by atoms with Crippen LogP contribution in [-0.2, 0) is 6.42 Å². The minimum absolute atomic E-state index is 0.274. The summed E-state index contributed by atoms with van der Waals surface area (Å²) in [6.07, 6.45) is 3.11. The zero-order valence-corrected chi connectivity index (χ0v) is 12.3. The van der Waals surface area contributed by atoms with Gasteiger partial charge in [0, 0.05) is 10.8 Å². The number of aliphatic hydroxyl groups excluding tert-OH is 1. The lowest BCUT2D eigenvalue weighted by atomic mass is 9.80. The maximum absolute atomic E-state index is 10.8. The molecule has 1 nitrogen and oxygen atoms in total. The highest BCUT2D eigenvalue weighted by atomic mass is 32.1. The molecule has 2 atom stereocenters. The van der Waals surface area contributed by atoms with E-state index in [0.29, 0.717) is 0 Å². The highest BCUT2D eigenvalue weighted by Crippen LogP contribution is 2.42. The Labute approximate surface area is 118 Å². The number of aliphatic hydroxyl groups is 1. The molecule has 1 aliphatic carbocycles. The molecule has 2 unspecified atom stereocenters. The predicted octanol–water partition coefficient (Wildman–Crippen LogP) is 4.52. The molecule has 0 spiro atoms. The van der Waals surface area contributed by atoms with Crippen molar-refractivity contribution in [3.63, 3.8) is 0 Å². The maximum Gasteiger partial charge on any atom is 0.0861 e. The lowest BCUT2D eigenvalue weighted by molar-refractivity contribution is 0.136. The van der Waals surface area contributed by atoms with Crippen molar-refractivity contribution in [1.82, 2.24) is 0 Å². The first kappa shape index (κ1) is 12.9. The molecular formula is C17H20OS. The molecule has 19 heavy (non-hydrogen) atoms. The average molecular weight is 272 g/mol. The number of hydrogen-bond acceptors (Lipinski definition) is 2. The van der Waals surface area contributed by atoms with Gasteiger partial charge in [0.2, 0.25) is 0 Å². The fraction of sp³-hybridized carbons (Fsp3) is 0.412. The van der Waals surface area contributed by atoms with Gasteiger partial charge in [0.25, 0.3) is 0 Å². The van der Waals surface area contributed by atoms with Crippen molar-refractivity contribution in [2.24, 2.45) is 0 Å². The van der Waals surface area contributed by atoms with E-state index in [1.165, 1.54) is 34.4 Å². The molecule has 0 fully saturated rings. The summed E-state index contributed by atoms with van der Waals surface area (Å²) >= 11 is 1.84. The van der Waals surface area contributed by atoms with Gasteiger partial charge >= 0.3 is 0 Å². The van der Waals surface area contributed by atoms with Crippen molar-refractivity contribution in [3.05, 3.63) is 56.8 Å². The summed E-state index contributed by atoms with van der Waals surface area (Å²) < 4.78 is 0. The monoisotopic (exact) mass is 272 g/mol. The minimum atomic E-state index is -0.366. The van der Waals surface area contributed by atoms with E-state index < -0.39 is 0 Å². The Hall–Kier alpha value is -1.12. The Bertz CT molecular complexity index is 585. The fourth-order valence-electron chi connectivity index (χ4n) is 3.22. The van der Waals surface area contributed by atoms with Gasteiger partial charge in [-0.05, 0) is 61.2 Å². The molecule has 0 aliphatic heterocycles. The molecule has 1 heterocycles. The zero-order valence-electron chi connectivity index (χ0n) is 11.5. The van der Waals surface area contributed by atoms with Crippen LogP contribution < -0.4 is 0 Å². The SMILES string of the molecule is Cc1ccc(C(O)C2CCCc3sccc32)c(C)c1. The number of aryl methyl sites for hydroxylation is 3. The molecule has 3 rings (SSSR count). The van der Waals surface area contributed by atoms with Crippen LogP contribution in [0.25, 0.3) is 0 Å². The first-order chi connectivity index (χ1) is 9.16. The van der Waals surface area contributed by atoms with E-state index in [0.717, 1.165) is 12.0 Å². The molecule has 0 bridgehead atoms. The van der Waals surface area contributed by atoms with Crippen molar-refractivity contribution >= 4 is 11.3 Å². The van der Waals surface area contributed by atoms with Crippen LogP contribution in [0, 0.1) is 13.8 Å². The Morgan fingerprint density at radius 2 is 2.11 bits per heavy atom. The van der Waals surface area contributed by atoms with Gasteiger partial charge < -0.3 is 5.11 Å². The third-order valence-corrected chi connectivity index (χ3v) is 5.22. The molecule has 100 valence electrons. The molecule has 0 radical (unpaired) electrons. The second-order valence-corrected chi connectivity index (χ2v) is 6.60. The second-order valence-electron chi connectivity index (χ2n) is 5.60. The lowest BCUT2D eigenvalue weighted by Gasteiger charge is -2.28. The van der Waals surface area contributed by atoms with E-state index in [-0.39, 0.29) is 12.0 Å². The Kier molecular flexibility index (Phi) is 3.46. The van der Waals surface area contributed by atoms with Gasteiger partial charge in [0.05, 0.1) is 6.10 Å². The van der Waals surface area contributed by atoms with E-state index in [2.05, 4.69) is 43.5 Å². The molecule has 1 aromatic carbocycles. The minimum Gasteiger partial charge on any atom is -0.388 e. The van der Waals surface area contributed by atoms with Crippen LogP contribution >= 0.6 is 11.3 Å². The topological polar surface area (TPSA) is 20.2 Å². The third kappa shape index (κ3) is 2.35. The van der Waals surface area contributed by atoms with E-state index in [9.17, 15) is 5.11 Å². The predicted molar refractivity (Wildman–Crippen MR) is 80.9 cm³/mol. The van der Waals surface area contributed by atoms with E-state index in [1.54, 1.807) is 0 Å². The van der Waals surface area contributed by atoms with Gasteiger partial charge in [-0.3, -0.25) is 0 Å². The quantitative estimate of drug-likeness (QED) is 0.852. The first-order valence-corrected chi connectivity index (χ1v) is 7.86. The summed E-state index contributed by atoms with van der Waals surface area (Å²) in [6.45, 7) is 4.20. The fourth-order valence-corrected chi connectivity index (χ4v) is 4.22. The summed E-state index contributed by atoms with van der Waals surface area (Å²) in [5.41, 5.74) is 4.93. The smallest absolute Gasteiger partial charge is 0.0861 e. The largest absolute Gasteiger partial charge is 0.388 e. The molecule has 2 heteroatoms. The highest BCUT2D eigenvalue weighted by molar-refractivity contribution is 7.10. The number of hydrogen-bond donors (Lipinski definition) is 1. The molecule has 2 aromatic rings. The van der Waals surface area contributed by atoms with E-state index in [4.69, 9.17) is 0 Å². The highest BCUT2D eigenvalue weighted by Gasteiger charge is 2.29. The summed E-state index contributed by atoms with van der Waals surface area (Å²) in [5, 5.41) is 13.0. The molecule has 0 saturated heterocycles. The van der Waals surface area contributed by atoms with Gasteiger partial charge in [0.1, 0.15) is 0 Å². The van der Waals surface area contributed by atoms with Crippen molar-refractivity contribution in [2.75, 3.05) is 0 Å². The van der Waals surface area contributed by atoms with Crippen molar-refractivity contribution < 1.29 is 5.11 Å². The molecule has 1 aromatic heterocycles. The number of fused-ring (bicyclic) bond motifs is 1. The van der Waals surface area contributed by atoms with Crippen molar-refractivity contribution in [1.29, 1.82) is 0 Å². The lowest BCUT2D eigenvalue weighted by Crippen LogP contribution is -2.16. The summed E-state index contributed by atoms with van der Waals surface area (Å²) in [7, 11) is 0. The number of rotatable bonds is 2. The summed E-state index contributed by atoms with van der Waals surface area (Å²) in [4.78, 5) is 1.47. The molecule has 0 amide bonds. The van der Waals surface area contributed by atoms with Crippen LogP contribution in [0.4, 0.5) is 0 Å². The van der Waals surface area contributed by atoms with Gasteiger partial charge in [-0.15, -0.1) is 11.3 Å². The van der Waals surface area contributed by atoms with Gasteiger partial charge in [-0.1, -0.05) is 23.8 Å². The van der Waals surface area contributed by atoms with Gasteiger partial charge in [0.15, 0.2) is 0 Å². The van der Waals surface area contributed by atoms with Crippen LogP contribution in [0.15, 0.2) is 29.6 Å². The van der Waals surface area contributed by atoms with E-state index in [1.807, 2.05) is 11.3 Å². The molecule has 1 aliphatic rings. The van der Waals surface area contributed by atoms with Crippen LogP contribution in [0.5, 0.6) is 0 Å². The third-order valence-electron chi connectivity index (χ3n) is 4.22. The Morgan fingerprint density at radius 3 is 2.89 bits per heavy atom.